The van der Waals surface area contributed by atoms with E-state index in [9.17, 15) is 14.0 Å². The molecule has 0 unspecified atom stereocenters. The van der Waals surface area contributed by atoms with Crippen molar-refractivity contribution in [3.63, 3.8) is 0 Å². The van der Waals surface area contributed by atoms with Gasteiger partial charge in [-0.3, -0.25) is 0 Å². The minimum absolute atomic E-state index is 0.148. The zero-order valence-corrected chi connectivity index (χ0v) is 11.9. The fraction of sp³-hybridized carbons (Fsp3) is 0.467. The number of rotatable bonds is 4. The summed E-state index contributed by atoms with van der Waals surface area (Å²) in [5.41, 5.74) is -0.516. The number of urea groups is 1. The van der Waals surface area contributed by atoms with E-state index in [4.69, 9.17) is 5.11 Å². The molecule has 1 aliphatic carbocycles. The van der Waals surface area contributed by atoms with Crippen LogP contribution >= 0.6 is 0 Å². The molecule has 0 heterocycles. The van der Waals surface area contributed by atoms with Crippen molar-refractivity contribution in [2.75, 3.05) is 11.9 Å². The van der Waals surface area contributed by atoms with Crippen LogP contribution in [0.3, 0.4) is 0 Å². The van der Waals surface area contributed by atoms with Crippen LogP contribution in [-0.2, 0) is 0 Å². The number of aromatic carboxylic acids is 1. The van der Waals surface area contributed by atoms with E-state index < -0.39 is 17.8 Å². The van der Waals surface area contributed by atoms with Crippen molar-refractivity contribution < 1.29 is 19.1 Å². The Morgan fingerprint density at radius 1 is 1.38 bits per heavy atom. The van der Waals surface area contributed by atoms with Gasteiger partial charge in [0.2, 0.25) is 0 Å². The second-order valence-electron chi connectivity index (χ2n) is 5.12. The monoisotopic (exact) mass is 294 g/mol. The Kier molecular flexibility index (Phi) is 4.77. The lowest BCUT2D eigenvalue weighted by Crippen LogP contribution is -2.41. The van der Waals surface area contributed by atoms with Gasteiger partial charge in [0.1, 0.15) is 5.82 Å². The first kappa shape index (κ1) is 15.3. The Bertz CT molecular complexity index is 542. The summed E-state index contributed by atoms with van der Waals surface area (Å²) in [5.74, 6) is -2.01. The lowest BCUT2D eigenvalue weighted by molar-refractivity contribution is 0.0697. The predicted octanol–water partition coefficient (Wildman–Crippen LogP) is 3.32. The molecule has 1 aromatic carbocycles. The Labute approximate surface area is 122 Å². The highest BCUT2D eigenvalue weighted by Gasteiger charge is 2.27. The van der Waals surface area contributed by atoms with Crippen LogP contribution in [0.2, 0.25) is 0 Å². The van der Waals surface area contributed by atoms with Crippen LogP contribution in [0.25, 0.3) is 0 Å². The summed E-state index contributed by atoms with van der Waals surface area (Å²) in [7, 11) is 0. The highest BCUT2D eigenvalue weighted by molar-refractivity contribution is 6.00. The van der Waals surface area contributed by atoms with Gasteiger partial charge in [0.05, 0.1) is 11.3 Å². The smallest absolute Gasteiger partial charge is 0.337 e. The van der Waals surface area contributed by atoms with Crippen molar-refractivity contribution in [3.05, 3.63) is 29.6 Å². The first-order chi connectivity index (χ1) is 10.0. The fourth-order valence-electron chi connectivity index (χ4n) is 2.79. The van der Waals surface area contributed by atoms with Crippen LogP contribution in [0.15, 0.2) is 18.2 Å². The van der Waals surface area contributed by atoms with Gasteiger partial charge in [-0.05, 0) is 31.9 Å². The molecule has 2 N–H and O–H groups in total. The first-order valence-electron chi connectivity index (χ1n) is 7.14. The molecule has 0 spiro atoms. The molecule has 0 bridgehead atoms. The van der Waals surface area contributed by atoms with E-state index in [0.717, 1.165) is 31.7 Å². The van der Waals surface area contributed by atoms with Crippen LogP contribution in [0, 0.1) is 5.82 Å². The zero-order valence-electron chi connectivity index (χ0n) is 11.9. The molecule has 1 fully saturated rings. The van der Waals surface area contributed by atoms with Crippen LogP contribution in [0.4, 0.5) is 14.9 Å². The van der Waals surface area contributed by atoms with E-state index in [1.807, 2.05) is 6.92 Å². The van der Waals surface area contributed by atoms with Crippen LogP contribution < -0.4 is 5.32 Å². The summed E-state index contributed by atoms with van der Waals surface area (Å²) in [5, 5.41) is 11.5. The van der Waals surface area contributed by atoms with Crippen LogP contribution in [-0.4, -0.2) is 34.6 Å². The van der Waals surface area contributed by atoms with Gasteiger partial charge in [-0.2, -0.15) is 0 Å². The Morgan fingerprint density at radius 2 is 2.05 bits per heavy atom. The van der Waals surface area contributed by atoms with Crippen LogP contribution in [0.1, 0.15) is 43.0 Å². The lowest BCUT2D eigenvalue weighted by atomic mass is 10.1. The van der Waals surface area contributed by atoms with Gasteiger partial charge < -0.3 is 15.3 Å². The molecule has 5 nitrogen and oxygen atoms in total. The molecule has 1 aromatic rings. The maximum atomic E-state index is 13.8. The van der Waals surface area contributed by atoms with E-state index in [1.165, 1.54) is 12.1 Å². The van der Waals surface area contributed by atoms with E-state index in [1.54, 1.807) is 4.90 Å². The third kappa shape index (κ3) is 3.32. The molecule has 1 saturated carbocycles. The Hall–Kier alpha value is -2.11. The van der Waals surface area contributed by atoms with Crippen molar-refractivity contribution in [1.82, 2.24) is 4.90 Å². The number of halogens is 1. The summed E-state index contributed by atoms with van der Waals surface area (Å²) in [6, 6.07) is 3.41. The minimum Gasteiger partial charge on any atom is -0.478 e. The van der Waals surface area contributed by atoms with Crippen molar-refractivity contribution in [2.24, 2.45) is 0 Å². The summed E-state index contributed by atoms with van der Waals surface area (Å²) in [6.07, 6.45) is 4.03. The molecular weight excluding hydrogens is 275 g/mol. The topological polar surface area (TPSA) is 69.6 Å². The molecule has 0 aromatic heterocycles. The van der Waals surface area contributed by atoms with Gasteiger partial charge in [0.25, 0.3) is 0 Å². The molecule has 0 radical (unpaired) electrons. The third-order valence-corrected chi connectivity index (χ3v) is 3.84. The van der Waals surface area contributed by atoms with Gasteiger partial charge in [0, 0.05) is 12.6 Å². The summed E-state index contributed by atoms with van der Waals surface area (Å²) in [6.45, 7) is 2.37. The number of benzene rings is 1. The summed E-state index contributed by atoms with van der Waals surface area (Å²) >= 11 is 0. The predicted molar refractivity (Wildman–Crippen MR) is 77.0 cm³/mol. The number of anilines is 1. The molecule has 21 heavy (non-hydrogen) atoms. The average molecular weight is 294 g/mol. The van der Waals surface area contributed by atoms with Gasteiger partial charge in [-0.15, -0.1) is 0 Å². The Morgan fingerprint density at radius 3 is 2.62 bits per heavy atom. The van der Waals surface area contributed by atoms with Crippen molar-refractivity contribution in [2.45, 2.75) is 38.6 Å². The highest BCUT2D eigenvalue weighted by atomic mass is 19.1. The van der Waals surface area contributed by atoms with Crippen LogP contribution in [0.5, 0.6) is 0 Å². The average Bonchev–Trinajstić information content (AvgIpc) is 2.95. The molecule has 0 atom stereocenters. The van der Waals surface area contributed by atoms with E-state index in [0.29, 0.717) is 6.54 Å². The number of carboxylic acids is 1. The van der Waals surface area contributed by atoms with Crippen molar-refractivity contribution in [3.8, 4) is 0 Å². The van der Waals surface area contributed by atoms with Gasteiger partial charge >= 0.3 is 12.0 Å². The Balaban J connectivity index is 2.20. The molecule has 6 heteroatoms. The standard InChI is InChI=1S/C15H19FN2O3/c1-2-18(10-6-3-4-7-10)15(21)17-13-11(14(19)20)8-5-9-12(13)16/h5,8-10H,2-4,6-7H2,1H3,(H,17,21)(H,19,20). The molecular formula is C15H19FN2O3. The van der Waals surface area contributed by atoms with E-state index in [2.05, 4.69) is 5.32 Å². The number of hydrogen-bond acceptors (Lipinski definition) is 2. The summed E-state index contributed by atoms with van der Waals surface area (Å²) < 4.78 is 13.8. The van der Waals surface area contributed by atoms with Crippen molar-refractivity contribution >= 4 is 17.7 Å². The number of carbonyl (C=O) groups is 2. The first-order valence-corrected chi connectivity index (χ1v) is 7.14. The largest absolute Gasteiger partial charge is 0.478 e. The van der Waals surface area contributed by atoms with Gasteiger partial charge in [-0.25, -0.2) is 14.0 Å². The number of hydrogen-bond donors (Lipinski definition) is 2. The number of amides is 2. The number of nitrogens with one attached hydrogen (secondary N) is 1. The SMILES string of the molecule is CCN(C(=O)Nc1c(F)cccc1C(=O)O)C1CCCC1. The normalized spacial score (nSPS) is 15.0. The number of carboxylic acid groups (broad SMARTS) is 1. The molecule has 2 amide bonds. The molecule has 0 saturated heterocycles. The quantitative estimate of drug-likeness (QED) is 0.895. The number of nitrogens with zero attached hydrogens (tertiary/aromatic N) is 1. The second-order valence-corrected chi connectivity index (χ2v) is 5.12. The number of carbonyl (C=O) groups excluding carboxylic acids is 1. The molecule has 114 valence electrons. The molecule has 1 aliphatic rings. The van der Waals surface area contributed by atoms with E-state index >= 15 is 0 Å². The van der Waals surface area contributed by atoms with Gasteiger partial charge in [0.15, 0.2) is 0 Å². The lowest BCUT2D eigenvalue weighted by Gasteiger charge is -2.28. The maximum absolute atomic E-state index is 13.8. The number of para-hydroxylation sites is 1. The van der Waals surface area contributed by atoms with Crippen molar-refractivity contribution in [1.29, 1.82) is 0 Å². The zero-order chi connectivity index (χ0) is 15.4. The van der Waals surface area contributed by atoms with E-state index in [-0.39, 0.29) is 17.3 Å². The fourth-order valence-corrected chi connectivity index (χ4v) is 2.79. The highest BCUT2D eigenvalue weighted by Crippen LogP contribution is 2.25. The minimum atomic E-state index is -1.27. The summed E-state index contributed by atoms with van der Waals surface area (Å²) in [4.78, 5) is 25.1. The third-order valence-electron chi connectivity index (χ3n) is 3.84. The molecule has 0 aliphatic heterocycles. The maximum Gasteiger partial charge on any atom is 0.337 e. The second kappa shape index (κ2) is 6.56. The van der Waals surface area contributed by atoms with Gasteiger partial charge in [-0.1, -0.05) is 18.9 Å². The molecule has 2 rings (SSSR count).